The zero-order chi connectivity index (χ0) is 20.7. The Morgan fingerprint density at radius 1 is 1.00 bits per heavy atom. The van der Waals surface area contributed by atoms with Crippen LogP contribution in [0.4, 0.5) is 16.2 Å². The van der Waals surface area contributed by atoms with Crippen LogP contribution in [0, 0.1) is 0 Å². The van der Waals surface area contributed by atoms with Gasteiger partial charge in [-0.25, -0.2) is 4.79 Å². The molecule has 4 atom stereocenters. The van der Waals surface area contributed by atoms with Crippen LogP contribution in [0.1, 0.15) is 51.4 Å². The molecule has 2 bridgehead atoms. The normalized spacial score (nSPS) is 31.4. The Bertz CT molecular complexity index is 801. The fourth-order valence-electron chi connectivity index (χ4n) is 5.91. The van der Waals surface area contributed by atoms with E-state index in [9.17, 15) is 14.7 Å². The van der Waals surface area contributed by atoms with E-state index < -0.39 is 0 Å². The molecule has 7 heteroatoms. The average Bonchev–Trinajstić information content (AvgIpc) is 3.29. The van der Waals surface area contributed by atoms with Gasteiger partial charge in [0, 0.05) is 44.2 Å². The van der Waals surface area contributed by atoms with Gasteiger partial charge in [0.15, 0.2) is 0 Å². The predicted octanol–water partition coefficient (Wildman–Crippen LogP) is 2.48. The molecule has 4 aliphatic heterocycles. The number of aliphatic hydroxyl groups excluding tert-OH is 1. The quantitative estimate of drug-likeness (QED) is 0.800. The van der Waals surface area contributed by atoms with Crippen molar-refractivity contribution in [3.8, 4) is 0 Å². The van der Waals surface area contributed by atoms with E-state index in [1.807, 2.05) is 28.0 Å². The number of benzene rings is 1. The first kappa shape index (κ1) is 19.7. The van der Waals surface area contributed by atoms with Gasteiger partial charge in [-0.15, -0.1) is 0 Å². The topological polar surface area (TPSA) is 76.1 Å². The van der Waals surface area contributed by atoms with E-state index >= 15 is 0 Å². The lowest BCUT2D eigenvalue weighted by Crippen LogP contribution is -2.56. The Morgan fingerprint density at radius 3 is 2.43 bits per heavy atom. The summed E-state index contributed by atoms with van der Waals surface area (Å²) in [4.78, 5) is 31.6. The molecule has 30 heavy (non-hydrogen) atoms. The lowest BCUT2D eigenvalue weighted by Gasteiger charge is -2.40. The van der Waals surface area contributed by atoms with E-state index in [4.69, 9.17) is 0 Å². The number of nitrogens with one attached hydrogen (secondary N) is 1. The molecule has 162 valence electrons. The van der Waals surface area contributed by atoms with E-state index in [2.05, 4.69) is 16.3 Å². The van der Waals surface area contributed by atoms with E-state index in [0.29, 0.717) is 19.3 Å². The van der Waals surface area contributed by atoms with Crippen LogP contribution in [0.2, 0.25) is 0 Å². The van der Waals surface area contributed by atoms with Gasteiger partial charge in [-0.3, -0.25) is 4.79 Å². The number of aliphatic hydroxyl groups is 1. The van der Waals surface area contributed by atoms with Crippen molar-refractivity contribution in [1.82, 2.24) is 10.2 Å². The second-order valence-electron chi connectivity index (χ2n) is 9.29. The van der Waals surface area contributed by atoms with Gasteiger partial charge < -0.3 is 25.1 Å². The zero-order valence-electron chi connectivity index (χ0n) is 17.5. The molecule has 2 N–H and O–H groups in total. The van der Waals surface area contributed by atoms with E-state index in [1.54, 1.807) is 0 Å². The Labute approximate surface area is 178 Å². The highest BCUT2D eigenvalue weighted by atomic mass is 16.3. The fraction of sp³-hybridized carbons (Fsp3) is 0.652. The predicted molar refractivity (Wildman–Crippen MR) is 116 cm³/mol. The number of hydrogen-bond acceptors (Lipinski definition) is 4. The lowest BCUT2D eigenvalue weighted by atomic mass is 10.00. The zero-order valence-corrected chi connectivity index (χ0v) is 17.5. The summed E-state index contributed by atoms with van der Waals surface area (Å²) in [6.45, 7) is 2.48. The molecule has 0 radical (unpaired) electrons. The van der Waals surface area contributed by atoms with Crippen LogP contribution in [0.3, 0.4) is 0 Å². The molecular formula is C23H32N4O3. The van der Waals surface area contributed by atoms with Gasteiger partial charge in [0.25, 0.3) is 0 Å². The van der Waals surface area contributed by atoms with Crippen molar-refractivity contribution in [1.29, 1.82) is 0 Å². The molecule has 0 aliphatic carbocycles. The van der Waals surface area contributed by atoms with Gasteiger partial charge in [0.05, 0.1) is 17.5 Å². The molecule has 0 saturated carbocycles. The number of fused-ring (bicyclic) bond motifs is 2. The Kier molecular flexibility index (Phi) is 5.31. The molecule has 1 unspecified atom stereocenters. The van der Waals surface area contributed by atoms with Gasteiger partial charge in [-0.2, -0.15) is 0 Å². The van der Waals surface area contributed by atoms with Crippen molar-refractivity contribution < 1.29 is 14.7 Å². The Hall–Kier alpha value is -2.28. The number of nitrogens with zero attached hydrogens (tertiary/aromatic N) is 3. The maximum Gasteiger partial charge on any atom is 0.318 e. The summed E-state index contributed by atoms with van der Waals surface area (Å²) in [5, 5.41) is 13.3. The summed E-state index contributed by atoms with van der Waals surface area (Å²) in [7, 11) is 0. The number of carbonyl (C=O) groups excluding carboxylic acids is 2. The molecule has 4 fully saturated rings. The first-order chi connectivity index (χ1) is 14.6. The van der Waals surface area contributed by atoms with Crippen LogP contribution in [-0.2, 0) is 4.79 Å². The second kappa shape index (κ2) is 8.10. The molecule has 4 saturated heterocycles. The summed E-state index contributed by atoms with van der Waals surface area (Å²) < 4.78 is 0. The van der Waals surface area contributed by atoms with Crippen LogP contribution in [0.15, 0.2) is 24.3 Å². The minimum atomic E-state index is -0.262. The van der Waals surface area contributed by atoms with E-state index in [1.165, 1.54) is 0 Å². The van der Waals surface area contributed by atoms with Crippen molar-refractivity contribution in [3.05, 3.63) is 24.3 Å². The molecule has 4 heterocycles. The maximum atomic E-state index is 13.1. The second-order valence-corrected chi connectivity index (χ2v) is 9.29. The molecule has 1 aromatic carbocycles. The third-order valence-electron chi connectivity index (χ3n) is 7.28. The third kappa shape index (κ3) is 3.64. The smallest absolute Gasteiger partial charge is 0.318 e. The molecule has 3 amide bonds. The van der Waals surface area contributed by atoms with Crippen LogP contribution in [0.5, 0.6) is 0 Å². The van der Waals surface area contributed by atoms with Crippen molar-refractivity contribution in [2.45, 2.75) is 75.6 Å². The number of rotatable bonds is 3. The molecule has 0 spiro atoms. The third-order valence-corrected chi connectivity index (χ3v) is 7.28. The summed E-state index contributed by atoms with van der Waals surface area (Å²) >= 11 is 0. The summed E-state index contributed by atoms with van der Waals surface area (Å²) in [5.41, 5.74) is 2.09. The van der Waals surface area contributed by atoms with E-state index in [0.717, 1.165) is 63.1 Å². The van der Waals surface area contributed by atoms with Gasteiger partial charge in [-0.05, 0) is 57.1 Å². The number of piperidine rings is 2. The Morgan fingerprint density at radius 2 is 1.73 bits per heavy atom. The van der Waals surface area contributed by atoms with Crippen LogP contribution in [-0.4, -0.2) is 65.8 Å². The van der Waals surface area contributed by atoms with Crippen molar-refractivity contribution in [2.24, 2.45) is 0 Å². The highest BCUT2D eigenvalue weighted by molar-refractivity contribution is 5.98. The van der Waals surface area contributed by atoms with Gasteiger partial charge >= 0.3 is 6.03 Å². The molecule has 0 aromatic heterocycles. The molecular weight excluding hydrogens is 380 g/mol. The number of anilines is 2. The summed E-state index contributed by atoms with van der Waals surface area (Å²) in [5.74, 6) is 0.201. The Balaban J connectivity index is 1.27. The van der Waals surface area contributed by atoms with Crippen molar-refractivity contribution in [3.63, 3.8) is 0 Å². The van der Waals surface area contributed by atoms with Crippen LogP contribution in [0.25, 0.3) is 0 Å². The van der Waals surface area contributed by atoms with Gasteiger partial charge in [0.2, 0.25) is 5.91 Å². The number of amides is 3. The van der Waals surface area contributed by atoms with Crippen LogP contribution < -0.4 is 15.1 Å². The minimum Gasteiger partial charge on any atom is -0.393 e. The monoisotopic (exact) mass is 412 g/mol. The number of para-hydroxylation sites is 2. The van der Waals surface area contributed by atoms with Gasteiger partial charge in [0.1, 0.15) is 0 Å². The average molecular weight is 413 g/mol. The summed E-state index contributed by atoms with van der Waals surface area (Å²) in [6, 6.07) is 8.64. The van der Waals surface area contributed by atoms with Crippen LogP contribution >= 0.6 is 0 Å². The largest absolute Gasteiger partial charge is 0.393 e. The summed E-state index contributed by atoms with van der Waals surface area (Å²) in [6.07, 6.45) is 6.68. The lowest BCUT2D eigenvalue weighted by molar-refractivity contribution is -0.117. The molecule has 1 aromatic rings. The minimum absolute atomic E-state index is 0.0317. The fourth-order valence-corrected chi connectivity index (χ4v) is 5.91. The molecule has 7 nitrogen and oxygen atoms in total. The first-order valence-corrected chi connectivity index (χ1v) is 11.5. The maximum absolute atomic E-state index is 13.1. The van der Waals surface area contributed by atoms with Crippen molar-refractivity contribution >= 4 is 23.3 Å². The highest BCUT2D eigenvalue weighted by Crippen LogP contribution is 2.36. The first-order valence-electron chi connectivity index (χ1n) is 11.5. The van der Waals surface area contributed by atoms with Crippen molar-refractivity contribution in [2.75, 3.05) is 29.4 Å². The van der Waals surface area contributed by atoms with E-state index in [-0.39, 0.29) is 36.2 Å². The SMILES string of the molecule is O=C1CCCN1c1ccccc1N1CCC[C@H](NC(=O)N2[C@@H]3CC[C@H]2CC(O)C3)C1. The number of urea groups is 1. The number of carbonyl (C=O) groups is 2. The highest BCUT2D eigenvalue weighted by Gasteiger charge is 2.43. The molecule has 5 rings (SSSR count). The number of hydrogen-bond donors (Lipinski definition) is 2. The van der Waals surface area contributed by atoms with Gasteiger partial charge in [-0.1, -0.05) is 12.1 Å². The standard InChI is InChI=1S/C23H32N4O3/c28-19-13-17-9-10-18(14-19)27(17)23(30)24-16-5-3-11-25(15-16)20-6-1-2-7-21(20)26-12-4-8-22(26)29/h1-2,6-7,16-19,28H,3-5,8-15H2,(H,24,30)/t16-,17-,18+,19?/m0/s1. The molecule has 4 aliphatic rings.